The molecule has 7 heteroatoms. The van der Waals surface area contributed by atoms with E-state index in [0.717, 1.165) is 0 Å². The number of ether oxygens (including phenoxy) is 1. The van der Waals surface area contributed by atoms with Gasteiger partial charge in [0.2, 0.25) is 0 Å². The lowest BCUT2D eigenvalue weighted by Gasteiger charge is -2.05. The number of rotatable bonds is 4. The standard InChI is InChI=1S/C8H12NO5S/c1-13-7-4-2-6(3-5-7)8(10)15(11,12)14-9/h2-5,8,10H,1,9H3/q+2. The summed E-state index contributed by atoms with van der Waals surface area (Å²) in [4.78, 5) is 0. The molecule has 2 unspecified atom stereocenters. The Kier molecular flexibility index (Phi) is 3.77. The van der Waals surface area contributed by atoms with Crippen molar-refractivity contribution in [2.75, 3.05) is 7.11 Å². The van der Waals surface area contributed by atoms with E-state index in [1.807, 2.05) is 0 Å². The summed E-state index contributed by atoms with van der Waals surface area (Å²) in [6, 6.07) is 5.94. The molecule has 0 amide bonds. The Labute approximate surface area is 88.0 Å². The Morgan fingerprint density at radius 3 is 2.33 bits per heavy atom. The van der Waals surface area contributed by atoms with Crippen molar-refractivity contribution in [2.24, 2.45) is 0 Å². The predicted octanol–water partition coefficient (Wildman–Crippen LogP) is -0.380. The highest BCUT2D eigenvalue weighted by Gasteiger charge is 2.45. The second-order valence-electron chi connectivity index (χ2n) is 2.74. The van der Waals surface area contributed by atoms with Gasteiger partial charge in [0, 0.05) is 5.56 Å². The van der Waals surface area contributed by atoms with Crippen molar-refractivity contribution in [3.8, 4) is 5.75 Å². The molecule has 6 nitrogen and oxygen atoms in total. The Bertz CT molecular complexity index is 366. The van der Waals surface area contributed by atoms with Crippen molar-refractivity contribution < 1.29 is 28.8 Å². The second-order valence-corrected chi connectivity index (χ2v) is 4.40. The molecule has 0 aliphatic rings. The largest absolute Gasteiger partial charge is 0.497 e. The van der Waals surface area contributed by atoms with Crippen molar-refractivity contribution >= 4 is 10.5 Å². The molecule has 1 aromatic rings. The van der Waals surface area contributed by atoms with Crippen molar-refractivity contribution in [3.63, 3.8) is 0 Å². The fourth-order valence-corrected chi connectivity index (χ4v) is 1.62. The lowest BCUT2D eigenvalue weighted by Crippen LogP contribution is -2.53. The third-order valence-corrected chi connectivity index (χ3v) is 2.99. The zero-order valence-corrected chi connectivity index (χ0v) is 8.90. The molecular formula is C8H12NO5S+2. The van der Waals surface area contributed by atoms with Crippen LogP contribution >= 0.6 is 0 Å². The van der Waals surface area contributed by atoms with Gasteiger partial charge in [0.25, 0.3) is 0 Å². The first kappa shape index (κ1) is 12.1. The van der Waals surface area contributed by atoms with E-state index in [1.165, 1.54) is 31.4 Å². The van der Waals surface area contributed by atoms with Crippen molar-refractivity contribution in [1.29, 1.82) is 0 Å². The van der Waals surface area contributed by atoms with Crippen LogP contribution in [0.4, 0.5) is 0 Å². The summed E-state index contributed by atoms with van der Waals surface area (Å²) in [7, 11) is -2.58. The summed E-state index contributed by atoms with van der Waals surface area (Å²) in [5.41, 5.74) is -1.54. The van der Waals surface area contributed by atoms with Gasteiger partial charge in [0.05, 0.1) is 15.9 Å². The van der Waals surface area contributed by atoms with Gasteiger partial charge in [-0.1, -0.05) is 0 Å². The van der Waals surface area contributed by atoms with Crippen LogP contribution in [-0.4, -0.2) is 12.2 Å². The van der Waals surface area contributed by atoms with Crippen LogP contribution in [0.2, 0.25) is 0 Å². The van der Waals surface area contributed by atoms with Gasteiger partial charge in [-0.3, -0.25) is 0 Å². The summed E-state index contributed by atoms with van der Waals surface area (Å²) in [5.74, 6) is 3.33. The summed E-state index contributed by atoms with van der Waals surface area (Å²) >= 11 is 0. The molecule has 0 spiro atoms. The molecule has 0 aliphatic heterocycles. The van der Waals surface area contributed by atoms with Gasteiger partial charge in [-0.15, -0.1) is 0 Å². The number of aliphatic hydroxyl groups is 1. The molecule has 0 saturated carbocycles. The van der Waals surface area contributed by atoms with Gasteiger partial charge in [-0.05, 0) is 28.5 Å². The van der Waals surface area contributed by atoms with E-state index in [1.54, 1.807) is 0 Å². The molecule has 83 valence electrons. The monoisotopic (exact) mass is 234 g/mol. The molecule has 2 atom stereocenters. The Balaban J connectivity index is 2.92. The van der Waals surface area contributed by atoms with Crippen LogP contribution in [0.15, 0.2) is 24.3 Å². The maximum atomic E-state index is 11.1. The van der Waals surface area contributed by atoms with Crippen LogP contribution in [0, 0.1) is 0 Å². The van der Waals surface area contributed by atoms with Gasteiger partial charge < -0.3 is 9.84 Å². The molecule has 0 aromatic heterocycles. The number of hydrogen-bond donors (Lipinski definition) is 2. The van der Waals surface area contributed by atoms with E-state index in [2.05, 4.69) is 10.2 Å². The molecule has 0 bridgehead atoms. The quantitative estimate of drug-likeness (QED) is 0.547. The minimum Gasteiger partial charge on any atom is -0.497 e. The summed E-state index contributed by atoms with van der Waals surface area (Å²) < 4.78 is 31.0. The van der Waals surface area contributed by atoms with Gasteiger partial charge in [-0.2, -0.15) is 5.90 Å². The highest BCUT2D eigenvalue weighted by Crippen LogP contribution is 2.25. The fraction of sp³-hybridized carbons (Fsp3) is 0.250. The molecule has 0 aliphatic carbocycles. The molecule has 1 aromatic carbocycles. The first-order valence-electron chi connectivity index (χ1n) is 4.00. The maximum absolute atomic E-state index is 11.1. The van der Waals surface area contributed by atoms with E-state index in [-0.39, 0.29) is 5.56 Å². The lowest BCUT2D eigenvalue weighted by atomic mass is 10.2. The first-order chi connectivity index (χ1) is 7.01. The lowest BCUT2D eigenvalue weighted by molar-refractivity contribution is -0.638. The average molecular weight is 234 g/mol. The second kappa shape index (κ2) is 4.69. The van der Waals surface area contributed by atoms with Crippen LogP contribution < -0.4 is 10.6 Å². The van der Waals surface area contributed by atoms with E-state index in [9.17, 15) is 13.9 Å². The molecule has 15 heavy (non-hydrogen) atoms. The Morgan fingerprint density at radius 2 is 1.93 bits per heavy atom. The van der Waals surface area contributed by atoms with Gasteiger partial charge in [-0.25, -0.2) is 0 Å². The van der Waals surface area contributed by atoms with E-state index in [0.29, 0.717) is 5.75 Å². The zero-order valence-electron chi connectivity index (χ0n) is 8.08. The summed E-state index contributed by atoms with van der Waals surface area (Å²) in [5, 5.41) is 9.42. The molecule has 0 fully saturated rings. The molecule has 4 N–H and O–H groups in total. The summed E-state index contributed by atoms with van der Waals surface area (Å²) in [6.45, 7) is 0. The average Bonchev–Trinajstić information content (AvgIpc) is 2.28. The number of quaternary nitrogens is 1. The van der Waals surface area contributed by atoms with Crippen LogP contribution in [0.3, 0.4) is 0 Å². The van der Waals surface area contributed by atoms with Crippen LogP contribution in [0.25, 0.3) is 0 Å². The van der Waals surface area contributed by atoms with Gasteiger partial charge in [0.1, 0.15) is 5.75 Å². The van der Waals surface area contributed by atoms with Crippen LogP contribution in [0.5, 0.6) is 5.75 Å². The smallest absolute Gasteiger partial charge is 0.481 e. The molecule has 1 rings (SSSR count). The SMILES string of the molecule is COc1ccc(C(O)[S+]([O])(=O)O[NH3+])cc1. The van der Waals surface area contributed by atoms with Gasteiger partial charge in [0.15, 0.2) is 0 Å². The number of aliphatic hydroxyl groups excluding tert-OH is 1. The van der Waals surface area contributed by atoms with E-state index < -0.39 is 15.9 Å². The first-order valence-corrected chi connectivity index (χ1v) is 5.48. The topological polar surface area (TPSA) is 103 Å². The molecule has 0 saturated heterocycles. The minimum atomic E-state index is -4.07. The molecule has 1 radical (unpaired) electrons. The molecular weight excluding hydrogens is 222 g/mol. The highest BCUT2D eigenvalue weighted by molar-refractivity contribution is 7.92. The zero-order chi connectivity index (χ0) is 11.5. The van der Waals surface area contributed by atoms with Crippen molar-refractivity contribution in [2.45, 2.75) is 5.44 Å². The number of hydrogen-bond acceptors (Lipinski definition) is 4. The molecule has 0 heterocycles. The fourth-order valence-electron chi connectivity index (χ4n) is 1.000. The normalized spacial score (nSPS) is 16.8. The highest BCUT2D eigenvalue weighted by atomic mass is 32.3. The van der Waals surface area contributed by atoms with Crippen molar-refractivity contribution in [1.82, 2.24) is 0 Å². The van der Waals surface area contributed by atoms with E-state index in [4.69, 9.17) is 4.74 Å². The third kappa shape index (κ3) is 2.74. The Morgan fingerprint density at radius 1 is 1.40 bits per heavy atom. The summed E-state index contributed by atoms with van der Waals surface area (Å²) in [6.07, 6.45) is 0. The number of methoxy groups -OCH3 is 1. The Hall–Kier alpha value is -0.990. The van der Waals surface area contributed by atoms with E-state index >= 15 is 0 Å². The van der Waals surface area contributed by atoms with Gasteiger partial charge >= 0.3 is 15.9 Å². The third-order valence-electron chi connectivity index (χ3n) is 1.84. The predicted molar refractivity (Wildman–Crippen MR) is 50.7 cm³/mol. The van der Waals surface area contributed by atoms with Crippen LogP contribution in [0.1, 0.15) is 11.0 Å². The number of benzene rings is 1. The minimum absolute atomic E-state index is 0.194. The maximum Gasteiger partial charge on any atom is 0.481 e. The van der Waals surface area contributed by atoms with Crippen LogP contribution in [-0.2, 0) is 23.5 Å². The van der Waals surface area contributed by atoms with Crippen molar-refractivity contribution in [3.05, 3.63) is 29.8 Å².